The van der Waals surface area contributed by atoms with Crippen LogP contribution in [0.15, 0.2) is 35.1 Å². The average molecular weight is 272 g/mol. The summed E-state index contributed by atoms with van der Waals surface area (Å²) in [6, 6.07) is 9.30. The highest BCUT2D eigenvalue weighted by molar-refractivity contribution is 5.58. The van der Waals surface area contributed by atoms with Crippen molar-refractivity contribution in [3.63, 3.8) is 0 Å². The molecule has 1 saturated heterocycles. The lowest BCUT2D eigenvalue weighted by atomic mass is 10.2. The van der Waals surface area contributed by atoms with E-state index >= 15 is 0 Å². The number of nitrogens with one attached hydrogen (secondary N) is 1. The minimum absolute atomic E-state index is 0.534. The van der Waals surface area contributed by atoms with Crippen molar-refractivity contribution in [2.24, 2.45) is 0 Å². The number of anilines is 1. The molecule has 0 saturated carbocycles. The summed E-state index contributed by atoms with van der Waals surface area (Å²) < 4.78 is 5.18. The Morgan fingerprint density at radius 2 is 2.10 bits per heavy atom. The van der Waals surface area contributed by atoms with Crippen LogP contribution in [0.1, 0.15) is 20.3 Å². The van der Waals surface area contributed by atoms with E-state index in [-0.39, 0.29) is 0 Å². The molecule has 1 atom stereocenters. The van der Waals surface area contributed by atoms with Gasteiger partial charge in [-0.15, -0.1) is 10.2 Å². The van der Waals surface area contributed by atoms with Crippen molar-refractivity contribution >= 4 is 5.69 Å². The summed E-state index contributed by atoms with van der Waals surface area (Å²) in [7, 11) is 0. The Hall–Kier alpha value is -1.88. The van der Waals surface area contributed by atoms with E-state index in [1.54, 1.807) is 0 Å². The molecule has 1 aliphatic heterocycles. The zero-order chi connectivity index (χ0) is 13.9. The molecule has 1 aromatic carbocycles. The van der Waals surface area contributed by atoms with Crippen LogP contribution in [0.25, 0.3) is 11.5 Å². The molecule has 1 unspecified atom stereocenters. The van der Waals surface area contributed by atoms with Gasteiger partial charge < -0.3 is 9.73 Å². The van der Waals surface area contributed by atoms with Gasteiger partial charge in [-0.2, -0.15) is 0 Å². The van der Waals surface area contributed by atoms with Crippen molar-refractivity contribution in [2.75, 3.05) is 18.4 Å². The fourth-order valence-corrected chi connectivity index (χ4v) is 2.62. The minimum atomic E-state index is 0.534. The summed E-state index contributed by atoms with van der Waals surface area (Å²) in [5, 5.41) is 11.2. The third kappa shape index (κ3) is 2.82. The lowest BCUT2D eigenvalue weighted by Crippen LogP contribution is -2.31. The number of benzene rings is 1. The lowest BCUT2D eigenvalue weighted by Gasteiger charge is -2.20. The Morgan fingerprint density at radius 3 is 2.70 bits per heavy atom. The Kier molecular flexibility index (Phi) is 3.69. The quantitative estimate of drug-likeness (QED) is 0.927. The van der Waals surface area contributed by atoms with E-state index in [0.29, 0.717) is 18.0 Å². The van der Waals surface area contributed by atoms with E-state index in [2.05, 4.69) is 46.4 Å². The maximum Gasteiger partial charge on any atom is 0.247 e. The number of nitrogens with zero attached hydrogens (tertiary/aromatic N) is 3. The normalized spacial score (nSPS) is 19.6. The second kappa shape index (κ2) is 5.63. The molecule has 0 spiro atoms. The maximum absolute atomic E-state index is 5.18. The summed E-state index contributed by atoms with van der Waals surface area (Å²) >= 11 is 0. The fourth-order valence-electron chi connectivity index (χ4n) is 2.62. The molecule has 20 heavy (non-hydrogen) atoms. The lowest BCUT2D eigenvalue weighted by molar-refractivity contribution is 0.274. The Balaban J connectivity index is 1.62. The highest BCUT2D eigenvalue weighted by Crippen LogP contribution is 2.21. The van der Waals surface area contributed by atoms with Gasteiger partial charge in [0.1, 0.15) is 0 Å². The molecule has 1 aromatic heterocycles. The summed E-state index contributed by atoms with van der Waals surface area (Å²) in [6.07, 6.45) is 2.55. The maximum atomic E-state index is 5.18. The predicted molar refractivity (Wildman–Crippen MR) is 78.5 cm³/mol. The second-order valence-corrected chi connectivity index (χ2v) is 5.54. The Morgan fingerprint density at radius 1 is 1.30 bits per heavy atom. The Bertz CT molecular complexity index is 536. The van der Waals surface area contributed by atoms with E-state index < -0.39 is 0 Å². The van der Waals surface area contributed by atoms with Gasteiger partial charge in [-0.25, -0.2) is 0 Å². The molecule has 1 aliphatic rings. The zero-order valence-electron chi connectivity index (χ0n) is 11.9. The molecule has 3 rings (SSSR count). The number of hydrogen-bond donors (Lipinski definition) is 1. The van der Waals surface area contributed by atoms with Gasteiger partial charge in [0.2, 0.25) is 12.3 Å². The van der Waals surface area contributed by atoms with Crippen LogP contribution in [-0.4, -0.2) is 40.3 Å². The van der Waals surface area contributed by atoms with Crippen LogP contribution >= 0.6 is 0 Å². The Labute approximate surface area is 119 Å². The minimum Gasteiger partial charge on any atom is -0.423 e. The van der Waals surface area contributed by atoms with Gasteiger partial charge in [0, 0.05) is 36.4 Å². The molecule has 1 N–H and O–H groups in total. The molecule has 5 heteroatoms. The molecular formula is C15H20N4O. The first-order valence-electron chi connectivity index (χ1n) is 7.09. The highest BCUT2D eigenvalue weighted by atomic mass is 16.4. The predicted octanol–water partition coefficient (Wildman–Crippen LogP) is 2.63. The van der Waals surface area contributed by atoms with Crippen LogP contribution < -0.4 is 5.32 Å². The second-order valence-electron chi connectivity index (χ2n) is 5.54. The van der Waals surface area contributed by atoms with Crippen LogP contribution in [0.4, 0.5) is 5.69 Å². The van der Waals surface area contributed by atoms with E-state index in [4.69, 9.17) is 4.42 Å². The van der Waals surface area contributed by atoms with Crippen LogP contribution in [0.3, 0.4) is 0 Å². The monoisotopic (exact) mass is 272 g/mol. The average Bonchev–Trinajstić information content (AvgIpc) is 3.10. The van der Waals surface area contributed by atoms with E-state index in [0.717, 1.165) is 17.8 Å². The summed E-state index contributed by atoms with van der Waals surface area (Å²) in [5.74, 6) is 0.559. The molecule has 0 bridgehead atoms. The molecule has 2 aromatic rings. The molecule has 0 radical (unpaired) electrons. The first-order chi connectivity index (χ1) is 9.72. The summed E-state index contributed by atoms with van der Waals surface area (Å²) in [6.45, 7) is 6.79. The van der Waals surface area contributed by atoms with Crippen LogP contribution in [-0.2, 0) is 0 Å². The summed E-state index contributed by atoms with van der Waals surface area (Å²) in [5.41, 5.74) is 2.09. The van der Waals surface area contributed by atoms with Gasteiger partial charge >= 0.3 is 0 Å². The zero-order valence-corrected chi connectivity index (χ0v) is 11.9. The van der Waals surface area contributed by atoms with Crippen molar-refractivity contribution in [3.05, 3.63) is 30.7 Å². The smallest absolute Gasteiger partial charge is 0.247 e. The van der Waals surface area contributed by atoms with Gasteiger partial charge in [0.05, 0.1) is 0 Å². The standard InChI is InChI=1S/C15H20N4O/c1-11(2)19-8-7-14(9-19)17-13-5-3-12(4-6-13)15-18-16-10-20-15/h3-6,10-11,14,17H,7-9H2,1-2H3. The van der Waals surface area contributed by atoms with Gasteiger partial charge in [0.15, 0.2) is 0 Å². The van der Waals surface area contributed by atoms with E-state index in [9.17, 15) is 0 Å². The topological polar surface area (TPSA) is 54.2 Å². The molecule has 5 nitrogen and oxygen atoms in total. The van der Waals surface area contributed by atoms with Crippen LogP contribution in [0.5, 0.6) is 0 Å². The highest BCUT2D eigenvalue weighted by Gasteiger charge is 2.23. The fraction of sp³-hybridized carbons (Fsp3) is 0.467. The number of rotatable bonds is 4. The van der Waals surface area contributed by atoms with Crippen LogP contribution in [0, 0.1) is 0 Å². The van der Waals surface area contributed by atoms with Gasteiger partial charge in [-0.05, 0) is 44.5 Å². The first kappa shape index (κ1) is 13.1. The van der Waals surface area contributed by atoms with E-state index in [1.807, 2.05) is 12.1 Å². The third-order valence-corrected chi connectivity index (χ3v) is 3.81. The molecule has 0 aliphatic carbocycles. The third-order valence-electron chi connectivity index (χ3n) is 3.81. The van der Waals surface area contributed by atoms with Crippen molar-refractivity contribution in [2.45, 2.75) is 32.4 Å². The van der Waals surface area contributed by atoms with Crippen molar-refractivity contribution < 1.29 is 4.42 Å². The van der Waals surface area contributed by atoms with Crippen LogP contribution in [0.2, 0.25) is 0 Å². The first-order valence-corrected chi connectivity index (χ1v) is 7.09. The summed E-state index contributed by atoms with van der Waals surface area (Å²) in [4.78, 5) is 2.50. The number of likely N-dealkylation sites (tertiary alicyclic amines) is 1. The SMILES string of the molecule is CC(C)N1CCC(Nc2ccc(-c3nnco3)cc2)C1. The molecular weight excluding hydrogens is 252 g/mol. The number of hydrogen-bond acceptors (Lipinski definition) is 5. The molecule has 1 fully saturated rings. The van der Waals surface area contributed by atoms with Gasteiger partial charge in [0.25, 0.3) is 0 Å². The van der Waals surface area contributed by atoms with Gasteiger partial charge in [-0.1, -0.05) is 0 Å². The molecule has 2 heterocycles. The largest absolute Gasteiger partial charge is 0.423 e. The van der Waals surface area contributed by atoms with E-state index in [1.165, 1.54) is 19.4 Å². The van der Waals surface area contributed by atoms with Crippen molar-refractivity contribution in [1.82, 2.24) is 15.1 Å². The molecule has 0 amide bonds. The van der Waals surface area contributed by atoms with Crippen molar-refractivity contribution in [3.8, 4) is 11.5 Å². The van der Waals surface area contributed by atoms with Crippen molar-refractivity contribution in [1.29, 1.82) is 0 Å². The molecule has 106 valence electrons. The number of aromatic nitrogens is 2. The van der Waals surface area contributed by atoms with Gasteiger partial charge in [-0.3, -0.25) is 4.90 Å².